The second-order valence-electron chi connectivity index (χ2n) is 6.92. The molecule has 7 nitrogen and oxygen atoms in total. The van der Waals surface area contributed by atoms with Crippen LogP contribution in [-0.2, 0) is 4.79 Å². The lowest BCUT2D eigenvalue weighted by Crippen LogP contribution is -2.34. The molecule has 3 rings (SSSR count). The van der Waals surface area contributed by atoms with E-state index in [9.17, 15) is 14.4 Å². The Labute approximate surface area is 203 Å². The second kappa shape index (κ2) is 11.4. The van der Waals surface area contributed by atoms with E-state index in [0.717, 1.165) is 10.0 Å². The molecule has 3 aromatic rings. The van der Waals surface area contributed by atoms with E-state index in [1.165, 1.54) is 6.21 Å². The van der Waals surface area contributed by atoms with E-state index in [1.54, 1.807) is 60.7 Å². The van der Waals surface area contributed by atoms with E-state index in [2.05, 4.69) is 31.8 Å². The average Bonchev–Trinajstić information content (AvgIpc) is 2.79. The van der Waals surface area contributed by atoms with Crippen molar-refractivity contribution in [2.75, 3.05) is 6.54 Å². The molecular formula is C24H19BrClN3O4. The highest BCUT2D eigenvalue weighted by molar-refractivity contribution is 9.10. The van der Waals surface area contributed by atoms with Gasteiger partial charge in [0.2, 0.25) is 0 Å². The number of nitrogens with zero attached hydrogens (tertiary/aromatic N) is 1. The Morgan fingerprint density at radius 2 is 1.79 bits per heavy atom. The van der Waals surface area contributed by atoms with Gasteiger partial charge >= 0.3 is 5.97 Å². The number of amides is 2. The van der Waals surface area contributed by atoms with Crippen molar-refractivity contribution in [3.63, 3.8) is 0 Å². The summed E-state index contributed by atoms with van der Waals surface area (Å²) in [4.78, 5) is 36.6. The number of carbonyl (C=O) groups excluding carboxylic acids is 3. The summed E-state index contributed by atoms with van der Waals surface area (Å²) in [6.45, 7) is 1.63. The topological polar surface area (TPSA) is 96.9 Å². The number of hydrogen-bond donors (Lipinski definition) is 2. The first-order valence-electron chi connectivity index (χ1n) is 9.76. The first kappa shape index (κ1) is 24.2. The highest BCUT2D eigenvalue weighted by atomic mass is 79.9. The molecule has 0 bridgehead atoms. The van der Waals surface area contributed by atoms with Crippen LogP contribution >= 0.6 is 27.5 Å². The predicted octanol–water partition coefficient (Wildman–Crippen LogP) is 4.51. The van der Waals surface area contributed by atoms with Gasteiger partial charge in [-0.3, -0.25) is 9.59 Å². The second-order valence-corrected chi connectivity index (χ2v) is 8.28. The first-order valence-corrected chi connectivity index (χ1v) is 10.9. The van der Waals surface area contributed by atoms with Crippen LogP contribution in [0.15, 0.2) is 76.3 Å². The summed E-state index contributed by atoms with van der Waals surface area (Å²) in [5.74, 6) is -1.18. The Bertz CT molecular complexity index is 1210. The highest BCUT2D eigenvalue weighted by Gasteiger charge is 2.12. The monoisotopic (exact) mass is 527 g/mol. The number of hydrogen-bond acceptors (Lipinski definition) is 5. The Morgan fingerprint density at radius 1 is 1.03 bits per heavy atom. The van der Waals surface area contributed by atoms with Gasteiger partial charge in [-0.25, -0.2) is 10.2 Å². The number of carbonyl (C=O) groups is 3. The molecule has 2 amide bonds. The minimum absolute atomic E-state index is 0.249. The number of rotatable bonds is 7. The first-order chi connectivity index (χ1) is 15.8. The van der Waals surface area contributed by atoms with Gasteiger partial charge in [-0.05, 0) is 61.5 Å². The number of halogens is 2. The molecule has 0 saturated carbocycles. The fraction of sp³-hybridized carbons (Fsp3) is 0.0833. The number of esters is 1. The Hall–Kier alpha value is -3.49. The third-order valence-electron chi connectivity index (χ3n) is 4.34. The summed E-state index contributed by atoms with van der Waals surface area (Å²) in [5, 5.41) is 6.93. The third-order valence-corrected chi connectivity index (χ3v) is 5.08. The fourth-order valence-electron chi connectivity index (χ4n) is 2.72. The van der Waals surface area contributed by atoms with Gasteiger partial charge in [-0.15, -0.1) is 0 Å². The van der Waals surface area contributed by atoms with E-state index in [1.807, 2.05) is 13.0 Å². The van der Waals surface area contributed by atoms with Gasteiger partial charge in [-0.1, -0.05) is 45.2 Å². The molecule has 0 aliphatic rings. The number of aryl methyl sites for hydroxylation is 1. The molecule has 0 spiro atoms. The number of benzene rings is 3. The molecule has 0 aliphatic carbocycles. The Kier molecular flexibility index (Phi) is 8.34. The maximum Gasteiger partial charge on any atom is 0.343 e. The number of hydrazone groups is 1. The predicted molar refractivity (Wildman–Crippen MR) is 130 cm³/mol. The summed E-state index contributed by atoms with van der Waals surface area (Å²) < 4.78 is 6.19. The minimum atomic E-state index is -0.563. The zero-order valence-corrected chi connectivity index (χ0v) is 19.8. The van der Waals surface area contributed by atoms with Crippen molar-refractivity contribution in [1.82, 2.24) is 10.7 Å². The van der Waals surface area contributed by atoms with E-state index < -0.39 is 11.9 Å². The normalized spacial score (nSPS) is 10.6. The van der Waals surface area contributed by atoms with Crippen LogP contribution in [0.3, 0.4) is 0 Å². The number of ether oxygens (including phenoxy) is 1. The quantitative estimate of drug-likeness (QED) is 0.204. The van der Waals surface area contributed by atoms with Crippen molar-refractivity contribution in [2.45, 2.75) is 6.92 Å². The van der Waals surface area contributed by atoms with Gasteiger partial charge in [0.25, 0.3) is 11.8 Å². The molecular weight excluding hydrogens is 510 g/mol. The third kappa shape index (κ3) is 7.27. The standard InChI is InChI=1S/C24H19BrClN3O4/c1-15-3-2-4-17(11-15)23(31)27-14-22(30)29-28-13-18-12-19(25)7-10-21(18)33-24(32)16-5-8-20(26)9-6-16/h2-13H,14H2,1H3,(H,27,31)(H,29,30)/b28-13-. The van der Waals surface area contributed by atoms with Gasteiger partial charge in [0.15, 0.2) is 0 Å². The van der Waals surface area contributed by atoms with Crippen molar-refractivity contribution >= 4 is 51.5 Å². The van der Waals surface area contributed by atoms with E-state index >= 15 is 0 Å². The van der Waals surface area contributed by atoms with Gasteiger partial charge in [0.05, 0.1) is 18.3 Å². The van der Waals surface area contributed by atoms with Crippen LogP contribution in [-0.4, -0.2) is 30.5 Å². The molecule has 0 atom stereocenters. The van der Waals surface area contributed by atoms with Crippen LogP contribution in [0.2, 0.25) is 5.02 Å². The molecule has 0 heterocycles. The maximum absolute atomic E-state index is 12.4. The zero-order valence-electron chi connectivity index (χ0n) is 17.5. The Morgan fingerprint density at radius 3 is 2.52 bits per heavy atom. The number of nitrogens with one attached hydrogen (secondary N) is 2. The highest BCUT2D eigenvalue weighted by Crippen LogP contribution is 2.23. The smallest absolute Gasteiger partial charge is 0.343 e. The lowest BCUT2D eigenvalue weighted by Gasteiger charge is -2.08. The molecule has 0 unspecified atom stereocenters. The van der Waals surface area contributed by atoms with Crippen LogP contribution in [0.4, 0.5) is 0 Å². The molecule has 0 aromatic heterocycles. The molecule has 33 heavy (non-hydrogen) atoms. The summed E-state index contributed by atoms with van der Waals surface area (Å²) in [6, 6.07) is 18.3. The van der Waals surface area contributed by atoms with Crippen LogP contribution < -0.4 is 15.5 Å². The Balaban J connectivity index is 1.59. The molecule has 3 aromatic carbocycles. The van der Waals surface area contributed by atoms with Gasteiger partial charge < -0.3 is 10.1 Å². The summed E-state index contributed by atoms with van der Waals surface area (Å²) >= 11 is 9.20. The molecule has 0 radical (unpaired) electrons. The maximum atomic E-state index is 12.4. The lowest BCUT2D eigenvalue weighted by molar-refractivity contribution is -0.120. The van der Waals surface area contributed by atoms with Crippen molar-refractivity contribution < 1.29 is 19.1 Å². The minimum Gasteiger partial charge on any atom is -0.422 e. The molecule has 2 N–H and O–H groups in total. The van der Waals surface area contributed by atoms with Crippen molar-refractivity contribution in [3.8, 4) is 5.75 Å². The van der Waals surface area contributed by atoms with E-state index in [4.69, 9.17) is 16.3 Å². The van der Waals surface area contributed by atoms with Gasteiger partial charge in [0, 0.05) is 20.6 Å². The van der Waals surface area contributed by atoms with Gasteiger partial charge in [0.1, 0.15) is 5.75 Å². The van der Waals surface area contributed by atoms with Crippen molar-refractivity contribution in [2.24, 2.45) is 5.10 Å². The van der Waals surface area contributed by atoms with Crippen LogP contribution in [0.25, 0.3) is 0 Å². The van der Waals surface area contributed by atoms with E-state index in [0.29, 0.717) is 21.7 Å². The molecule has 9 heteroatoms. The summed E-state index contributed by atoms with van der Waals surface area (Å²) in [6.07, 6.45) is 1.34. The molecule has 0 saturated heterocycles. The van der Waals surface area contributed by atoms with E-state index in [-0.39, 0.29) is 18.2 Å². The van der Waals surface area contributed by atoms with Crippen LogP contribution in [0, 0.1) is 6.92 Å². The van der Waals surface area contributed by atoms with Crippen molar-refractivity contribution in [1.29, 1.82) is 0 Å². The lowest BCUT2D eigenvalue weighted by atomic mass is 10.1. The fourth-order valence-corrected chi connectivity index (χ4v) is 3.22. The summed E-state index contributed by atoms with van der Waals surface area (Å²) in [7, 11) is 0. The van der Waals surface area contributed by atoms with Crippen LogP contribution in [0.5, 0.6) is 5.75 Å². The molecule has 0 aliphatic heterocycles. The average molecular weight is 529 g/mol. The molecule has 0 fully saturated rings. The largest absolute Gasteiger partial charge is 0.422 e. The van der Waals surface area contributed by atoms with Crippen LogP contribution in [0.1, 0.15) is 31.8 Å². The van der Waals surface area contributed by atoms with Crippen molar-refractivity contribution in [3.05, 3.63) is 98.5 Å². The van der Waals surface area contributed by atoms with Gasteiger partial charge in [-0.2, -0.15) is 5.10 Å². The zero-order chi connectivity index (χ0) is 23.8. The SMILES string of the molecule is Cc1cccc(C(=O)NCC(=O)N/N=C\c2cc(Br)ccc2OC(=O)c2ccc(Cl)cc2)c1. The summed E-state index contributed by atoms with van der Waals surface area (Å²) in [5.41, 5.74) is 4.53. The molecule has 168 valence electrons.